The molecule has 0 spiro atoms. The molecular formula is C14H11BrF2N2O. The lowest BCUT2D eigenvalue weighted by Gasteiger charge is -2.10. The van der Waals surface area contributed by atoms with Gasteiger partial charge in [-0.1, -0.05) is 28.1 Å². The summed E-state index contributed by atoms with van der Waals surface area (Å²) in [5.41, 5.74) is 5.62. The van der Waals surface area contributed by atoms with Crippen molar-refractivity contribution in [3.63, 3.8) is 0 Å². The third-order valence-electron chi connectivity index (χ3n) is 2.69. The van der Waals surface area contributed by atoms with Crippen LogP contribution < -0.4 is 11.1 Å². The van der Waals surface area contributed by atoms with Crippen molar-refractivity contribution in [2.24, 2.45) is 5.73 Å². The minimum Gasteiger partial charge on any atom is -0.379 e. The van der Waals surface area contributed by atoms with Crippen molar-refractivity contribution in [2.45, 2.75) is 6.54 Å². The molecule has 0 aliphatic heterocycles. The lowest BCUT2D eigenvalue weighted by atomic mass is 10.1. The number of carbonyl (C=O) groups excluding carboxylic acids is 1. The Labute approximate surface area is 122 Å². The Balaban J connectivity index is 2.21. The lowest BCUT2D eigenvalue weighted by Crippen LogP contribution is -2.14. The normalized spacial score (nSPS) is 10.3. The summed E-state index contributed by atoms with van der Waals surface area (Å²) in [6, 6.07) is 9.15. The first-order valence-corrected chi connectivity index (χ1v) is 6.54. The fourth-order valence-corrected chi connectivity index (χ4v) is 2.16. The van der Waals surface area contributed by atoms with Crippen LogP contribution in [0, 0.1) is 11.6 Å². The molecule has 0 unspecified atom stereocenters. The quantitative estimate of drug-likeness (QED) is 0.895. The van der Waals surface area contributed by atoms with Gasteiger partial charge in [0.1, 0.15) is 11.6 Å². The van der Waals surface area contributed by atoms with Gasteiger partial charge in [0.05, 0.1) is 11.3 Å². The fraction of sp³-hybridized carbons (Fsp3) is 0.0714. The van der Waals surface area contributed by atoms with Crippen molar-refractivity contribution >= 4 is 27.5 Å². The average molecular weight is 341 g/mol. The number of nitrogens with one attached hydrogen (secondary N) is 1. The smallest absolute Gasteiger partial charge is 0.251 e. The van der Waals surface area contributed by atoms with E-state index in [0.717, 1.165) is 16.1 Å². The zero-order valence-electron chi connectivity index (χ0n) is 10.3. The number of hydrogen-bond acceptors (Lipinski definition) is 2. The van der Waals surface area contributed by atoms with Gasteiger partial charge in [-0.05, 0) is 23.8 Å². The van der Waals surface area contributed by atoms with Crippen LogP contribution in [0.1, 0.15) is 15.9 Å². The molecule has 2 aromatic rings. The number of anilines is 1. The Bertz CT molecular complexity index is 662. The van der Waals surface area contributed by atoms with E-state index in [2.05, 4.69) is 21.2 Å². The molecule has 1 amide bonds. The summed E-state index contributed by atoms with van der Waals surface area (Å²) in [5, 5.41) is 2.81. The van der Waals surface area contributed by atoms with Gasteiger partial charge < -0.3 is 11.1 Å². The molecule has 6 heteroatoms. The molecule has 0 aliphatic rings. The first-order chi connectivity index (χ1) is 9.47. The second-order valence-corrected chi connectivity index (χ2v) is 5.08. The van der Waals surface area contributed by atoms with Crippen molar-refractivity contribution in [1.82, 2.24) is 0 Å². The van der Waals surface area contributed by atoms with Crippen LogP contribution >= 0.6 is 15.9 Å². The van der Waals surface area contributed by atoms with Gasteiger partial charge in [-0.25, -0.2) is 8.78 Å². The van der Waals surface area contributed by atoms with Crippen LogP contribution in [0.15, 0.2) is 40.9 Å². The summed E-state index contributed by atoms with van der Waals surface area (Å²) in [5.74, 6) is -2.68. The largest absolute Gasteiger partial charge is 0.379 e. The predicted octanol–water partition coefficient (Wildman–Crippen LogP) is 3.44. The van der Waals surface area contributed by atoms with Gasteiger partial charge in [0, 0.05) is 17.1 Å². The summed E-state index contributed by atoms with van der Waals surface area (Å²) in [6.45, 7) is 0.334. The van der Waals surface area contributed by atoms with Crippen molar-refractivity contribution in [3.8, 4) is 0 Å². The minimum absolute atomic E-state index is 0.0279. The number of amides is 1. The van der Waals surface area contributed by atoms with Crippen molar-refractivity contribution in [3.05, 3.63) is 63.6 Å². The maximum atomic E-state index is 13.6. The van der Waals surface area contributed by atoms with Crippen LogP contribution in [0.4, 0.5) is 14.5 Å². The highest BCUT2D eigenvalue weighted by atomic mass is 79.9. The van der Waals surface area contributed by atoms with Crippen LogP contribution in [-0.4, -0.2) is 5.91 Å². The Morgan fingerprint density at radius 2 is 1.95 bits per heavy atom. The first-order valence-electron chi connectivity index (χ1n) is 5.74. The number of nitrogens with two attached hydrogens (primary N) is 1. The second-order valence-electron chi connectivity index (χ2n) is 4.16. The average Bonchev–Trinajstić information content (AvgIpc) is 2.37. The van der Waals surface area contributed by atoms with Gasteiger partial charge in [-0.2, -0.15) is 0 Å². The summed E-state index contributed by atoms with van der Waals surface area (Å²) in [6.07, 6.45) is 0. The molecule has 0 atom stereocenters. The van der Waals surface area contributed by atoms with E-state index < -0.39 is 17.5 Å². The number of rotatable bonds is 4. The zero-order valence-corrected chi connectivity index (χ0v) is 11.9. The van der Waals surface area contributed by atoms with Crippen LogP contribution in [0.5, 0.6) is 0 Å². The molecule has 0 saturated carbocycles. The van der Waals surface area contributed by atoms with E-state index in [1.807, 2.05) is 24.3 Å². The van der Waals surface area contributed by atoms with E-state index in [1.54, 1.807) is 0 Å². The molecule has 0 bridgehead atoms. The molecule has 0 radical (unpaired) electrons. The van der Waals surface area contributed by atoms with E-state index >= 15 is 0 Å². The molecule has 20 heavy (non-hydrogen) atoms. The van der Waals surface area contributed by atoms with Crippen molar-refractivity contribution < 1.29 is 13.6 Å². The van der Waals surface area contributed by atoms with E-state index in [0.29, 0.717) is 12.6 Å². The third-order valence-corrected chi connectivity index (χ3v) is 3.19. The number of halogens is 3. The molecular weight excluding hydrogens is 330 g/mol. The highest BCUT2D eigenvalue weighted by Crippen LogP contribution is 2.20. The molecule has 0 heterocycles. The zero-order chi connectivity index (χ0) is 14.7. The van der Waals surface area contributed by atoms with Crippen LogP contribution in [-0.2, 0) is 6.54 Å². The Hall–Kier alpha value is -1.95. The molecule has 104 valence electrons. The molecule has 0 aliphatic carbocycles. The standard InChI is InChI=1S/C14H11BrF2N2O/c15-9-3-1-2-8(4-9)7-19-13-5-10(14(18)20)11(16)6-12(13)17/h1-6,19H,7H2,(H2,18,20). The van der Waals surface area contributed by atoms with Gasteiger partial charge in [-0.3, -0.25) is 4.79 Å². The van der Waals surface area contributed by atoms with E-state index in [4.69, 9.17) is 5.73 Å². The minimum atomic E-state index is -0.969. The van der Waals surface area contributed by atoms with Gasteiger partial charge in [0.25, 0.3) is 5.91 Å². The number of hydrogen-bond donors (Lipinski definition) is 2. The molecule has 0 saturated heterocycles. The lowest BCUT2D eigenvalue weighted by molar-refractivity contribution is 0.0996. The van der Waals surface area contributed by atoms with Crippen molar-refractivity contribution in [2.75, 3.05) is 5.32 Å². The molecule has 2 aromatic carbocycles. The maximum absolute atomic E-state index is 13.6. The van der Waals surface area contributed by atoms with Crippen LogP contribution in [0.2, 0.25) is 0 Å². The number of benzene rings is 2. The number of carbonyl (C=O) groups is 1. The van der Waals surface area contributed by atoms with Crippen molar-refractivity contribution in [1.29, 1.82) is 0 Å². The number of primary amides is 1. The molecule has 3 nitrogen and oxygen atoms in total. The molecule has 2 rings (SSSR count). The monoisotopic (exact) mass is 340 g/mol. The Morgan fingerprint density at radius 1 is 1.20 bits per heavy atom. The van der Waals surface area contributed by atoms with Crippen LogP contribution in [0.3, 0.4) is 0 Å². The topological polar surface area (TPSA) is 55.1 Å². The van der Waals surface area contributed by atoms with Gasteiger partial charge in [0.15, 0.2) is 0 Å². The van der Waals surface area contributed by atoms with E-state index in [-0.39, 0.29) is 11.3 Å². The van der Waals surface area contributed by atoms with Gasteiger partial charge >= 0.3 is 0 Å². The maximum Gasteiger partial charge on any atom is 0.251 e. The summed E-state index contributed by atoms with van der Waals surface area (Å²) >= 11 is 3.33. The first kappa shape index (κ1) is 14.5. The summed E-state index contributed by atoms with van der Waals surface area (Å²) in [7, 11) is 0. The third kappa shape index (κ3) is 3.33. The molecule has 0 fully saturated rings. The fourth-order valence-electron chi connectivity index (χ4n) is 1.72. The summed E-state index contributed by atoms with van der Waals surface area (Å²) < 4.78 is 27.8. The summed E-state index contributed by atoms with van der Waals surface area (Å²) in [4.78, 5) is 11.0. The highest BCUT2D eigenvalue weighted by Gasteiger charge is 2.13. The second kappa shape index (κ2) is 6.00. The molecule has 3 N–H and O–H groups in total. The highest BCUT2D eigenvalue weighted by molar-refractivity contribution is 9.10. The Morgan fingerprint density at radius 3 is 2.60 bits per heavy atom. The van der Waals surface area contributed by atoms with E-state index in [9.17, 15) is 13.6 Å². The SMILES string of the molecule is NC(=O)c1cc(NCc2cccc(Br)c2)c(F)cc1F. The Kier molecular flexibility index (Phi) is 4.34. The van der Waals surface area contributed by atoms with Crippen LogP contribution in [0.25, 0.3) is 0 Å². The predicted molar refractivity (Wildman–Crippen MR) is 76.3 cm³/mol. The molecule has 0 aromatic heterocycles. The van der Waals surface area contributed by atoms with Gasteiger partial charge in [0.2, 0.25) is 0 Å². The van der Waals surface area contributed by atoms with E-state index in [1.165, 1.54) is 0 Å². The van der Waals surface area contributed by atoms with Gasteiger partial charge in [-0.15, -0.1) is 0 Å².